The number of carboxylic acid groups (broad SMARTS) is 2. The van der Waals surface area contributed by atoms with E-state index in [1.165, 1.54) is 42.7 Å². The van der Waals surface area contributed by atoms with Crippen molar-refractivity contribution in [1.82, 2.24) is 4.90 Å². The molecule has 8 nitrogen and oxygen atoms in total. The molecule has 2 aromatic carbocycles. The van der Waals surface area contributed by atoms with Gasteiger partial charge in [0.2, 0.25) is 0 Å². The molecule has 2 aromatic rings. The Morgan fingerprint density at radius 2 is 1.86 bits per heavy atom. The van der Waals surface area contributed by atoms with Gasteiger partial charge in [0.1, 0.15) is 18.1 Å². The zero-order valence-electron chi connectivity index (χ0n) is 19.9. The molecule has 3 aliphatic heterocycles. The monoisotopic (exact) mass is 480 g/mol. The molecule has 2 atom stereocenters. The minimum atomic E-state index is -1.26. The lowest BCUT2D eigenvalue weighted by Gasteiger charge is -2.40. The third-order valence-corrected chi connectivity index (χ3v) is 6.85. The second-order valence-electron chi connectivity index (χ2n) is 8.92. The van der Waals surface area contributed by atoms with Crippen molar-refractivity contribution in [3.8, 4) is 11.5 Å². The standard InChI is InChI=1S/C23H28N2O2.C4H4O4/c1-26-21-9-3-2-6-17(21)7-5-12-24-13-11-20-19(16-24)18-8-4-10-22-23(18)25(20)14-15-27-22;5-3(6)1-2-4(7)8/h2-4,6,8-10,19-20H,5,7,11-16H2,1H3;1-2H,(H,5,6)(H,7,8)/b;2-1+/t19-,20-;/m1./s1. The summed E-state index contributed by atoms with van der Waals surface area (Å²) in [4.78, 5) is 24.4. The van der Waals surface area contributed by atoms with Crippen LogP contribution in [0.3, 0.4) is 0 Å². The number of nitrogens with zero attached hydrogens (tertiary/aromatic N) is 2. The average Bonchev–Trinajstić information content (AvgIpc) is 3.19. The molecule has 5 rings (SSSR count). The van der Waals surface area contributed by atoms with Gasteiger partial charge in [-0.15, -0.1) is 0 Å². The highest BCUT2D eigenvalue weighted by Gasteiger charge is 2.44. The maximum Gasteiger partial charge on any atom is 0.328 e. The van der Waals surface area contributed by atoms with Crippen LogP contribution >= 0.6 is 0 Å². The Kier molecular flexibility index (Phi) is 7.92. The van der Waals surface area contributed by atoms with Crippen molar-refractivity contribution in [1.29, 1.82) is 0 Å². The first-order valence-electron chi connectivity index (χ1n) is 12.0. The number of carbonyl (C=O) groups is 2. The normalized spacial score (nSPS) is 20.3. The molecule has 8 heteroatoms. The Balaban J connectivity index is 0.000000314. The van der Waals surface area contributed by atoms with Crippen molar-refractivity contribution in [2.24, 2.45) is 0 Å². The van der Waals surface area contributed by atoms with Crippen molar-refractivity contribution in [2.45, 2.75) is 31.2 Å². The number of hydrogen-bond donors (Lipinski definition) is 2. The molecular formula is C27H32N2O6. The molecule has 1 saturated heterocycles. The Hall–Kier alpha value is -3.52. The van der Waals surface area contributed by atoms with Crippen LogP contribution in [0.2, 0.25) is 0 Å². The van der Waals surface area contributed by atoms with E-state index in [4.69, 9.17) is 19.7 Å². The number of ether oxygens (including phenoxy) is 2. The highest BCUT2D eigenvalue weighted by Crippen LogP contribution is 2.50. The fraction of sp³-hybridized carbons (Fsp3) is 0.407. The first-order chi connectivity index (χ1) is 17.0. The van der Waals surface area contributed by atoms with Crippen LogP contribution in [0.4, 0.5) is 5.69 Å². The van der Waals surface area contributed by atoms with E-state index < -0.39 is 11.9 Å². The predicted octanol–water partition coefficient (Wildman–Crippen LogP) is 3.41. The third kappa shape index (κ3) is 5.77. The molecule has 0 radical (unpaired) electrons. The molecule has 3 heterocycles. The number of methoxy groups -OCH3 is 1. The van der Waals surface area contributed by atoms with Crippen molar-refractivity contribution in [3.05, 3.63) is 65.7 Å². The molecule has 0 amide bonds. The van der Waals surface area contributed by atoms with Gasteiger partial charge in [0, 0.05) is 37.2 Å². The lowest BCUT2D eigenvalue weighted by atomic mass is 9.89. The topological polar surface area (TPSA) is 99.5 Å². The zero-order valence-corrected chi connectivity index (χ0v) is 19.9. The zero-order chi connectivity index (χ0) is 24.8. The second kappa shape index (κ2) is 11.3. The van der Waals surface area contributed by atoms with Gasteiger partial charge in [-0.3, -0.25) is 0 Å². The summed E-state index contributed by atoms with van der Waals surface area (Å²) in [5.41, 5.74) is 4.21. The molecule has 2 N–H and O–H groups in total. The molecule has 0 bridgehead atoms. The Bertz CT molecular complexity index is 1070. The van der Waals surface area contributed by atoms with Crippen LogP contribution in [0, 0.1) is 0 Å². The Morgan fingerprint density at radius 3 is 2.60 bits per heavy atom. The number of benzene rings is 2. The number of carboxylic acids is 2. The summed E-state index contributed by atoms with van der Waals surface area (Å²) in [7, 11) is 1.76. The van der Waals surface area contributed by atoms with Crippen molar-refractivity contribution >= 4 is 17.6 Å². The van der Waals surface area contributed by atoms with Crippen LogP contribution in [-0.2, 0) is 16.0 Å². The number of fused-ring (bicyclic) bond motifs is 3. The summed E-state index contributed by atoms with van der Waals surface area (Å²) in [6, 6.07) is 15.7. The molecule has 1 fully saturated rings. The van der Waals surface area contributed by atoms with E-state index in [1.807, 2.05) is 6.07 Å². The van der Waals surface area contributed by atoms with Crippen molar-refractivity contribution in [3.63, 3.8) is 0 Å². The van der Waals surface area contributed by atoms with E-state index >= 15 is 0 Å². The Morgan fingerprint density at radius 1 is 1.09 bits per heavy atom. The van der Waals surface area contributed by atoms with Gasteiger partial charge in [-0.25, -0.2) is 9.59 Å². The SMILES string of the molecule is COc1ccccc1CCCN1CC[C@@H]2[C@H](C1)c1cccc3c1N2CCO3.O=C(O)/C=C/C(=O)O. The minimum absolute atomic E-state index is 0.558. The summed E-state index contributed by atoms with van der Waals surface area (Å²) in [5.74, 6) is 0.222. The number of aryl methyl sites for hydroxylation is 1. The summed E-state index contributed by atoms with van der Waals surface area (Å²) in [6.45, 7) is 5.39. The highest BCUT2D eigenvalue weighted by atomic mass is 16.5. The first kappa shape index (κ1) is 24.6. The molecule has 0 saturated carbocycles. The number of likely N-dealkylation sites (tertiary alicyclic amines) is 1. The van der Waals surface area contributed by atoms with E-state index in [2.05, 4.69) is 46.2 Å². The summed E-state index contributed by atoms with van der Waals surface area (Å²) in [5, 5.41) is 15.6. The maximum absolute atomic E-state index is 9.55. The number of aliphatic carboxylic acids is 2. The summed E-state index contributed by atoms with van der Waals surface area (Å²) in [6.07, 6.45) is 4.63. The molecule has 3 aliphatic rings. The summed E-state index contributed by atoms with van der Waals surface area (Å²) < 4.78 is 11.4. The van der Waals surface area contributed by atoms with Gasteiger partial charge in [0.15, 0.2) is 0 Å². The first-order valence-corrected chi connectivity index (χ1v) is 12.0. The van der Waals surface area contributed by atoms with Gasteiger partial charge < -0.3 is 29.5 Å². The van der Waals surface area contributed by atoms with E-state index in [9.17, 15) is 9.59 Å². The highest BCUT2D eigenvalue weighted by molar-refractivity contribution is 5.89. The molecule has 0 aliphatic carbocycles. The quantitative estimate of drug-likeness (QED) is 0.582. The van der Waals surface area contributed by atoms with E-state index in [0.29, 0.717) is 24.1 Å². The average molecular weight is 481 g/mol. The Labute approximate surface area is 205 Å². The largest absolute Gasteiger partial charge is 0.496 e. The molecule has 0 unspecified atom stereocenters. The van der Waals surface area contributed by atoms with Gasteiger partial charge in [0.25, 0.3) is 0 Å². The van der Waals surface area contributed by atoms with Crippen LogP contribution in [0.5, 0.6) is 11.5 Å². The summed E-state index contributed by atoms with van der Waals surface area (Å²) >= 11 is 0. The van der Waals surface area contributed by atoms with Gasteiger partial charge in [0.05, 0.1) is 19.3 Å². The lowest BCUT2D eigenvalue weighted by Crippen LogP contribution is -2.48. The lowest BCUT2D eigenvalue weighted by molar-refractivity contribution is -0.134. The van der Waals surface area contributed by atoms with Crippen molar-refractivity contribution in [2.75, 3.05) is 44.8 Å². The van der Waals surface area contributed by atoms with Crippen LogP contribution in [0.1, 0.15) is 29.9 Å². The van der Waals surface area contributed by atoms with Crippen LogP contribution < -0.4 is 14.4 Å². The fourth-order valence-electron chi connectivity index (χ4n) is 5.39. The number of anilines is 1. The molecule has 35 heavy (non-hydrogen) atoms. The third-order valence-electron chi connectivity index (χ3n) is 6.85. The van der Waals surface area contributed by atoms with Crippen LogP contribution in [0.15, 0.2) is 54.6 Å². The second-order valence-corrected chi connectivity index (χ2v) is 8.92. The predicted molar refractivity (Wildman–Crippen MR) is 133 cm³/mol. The molecule has 0 spiro atoms. The van der Waals surface area contributed by atoms with E-state index in [0.717, 1.165) is 37.6 Å². The number of rotatable bonds is 7. The van der Waals surface area contributed by atoms with E-state index in [-0.39, 0.29) is 0 Å². The van der Waals surface area contributed by atoms with E-state index in [1.54, 1.807) is 7.11 Å². The van der Waals surface area contributed by atoms with Gasteiger partial charge >= 0.3 is 11.9 Å². The smallest absolute Gasteiger partial charge is 0.328 e. The fourth-order valence-corrected chi connectivity index (χ4v) is 5.39. The van der Waals surface area contributed by atoms with Gasteiger partial charge in [-0.05, 0) is 49.1 Å². The van der Waals surface area contributed by atoms with Crippen molar-refractivity contribution < 1.29 is 29.3 Å². The van der Waals surface area contributed by atoms with Gasteiger partial charge in [-0.1, -0.05) is 30.3 Å². The number of piperidine rings is 1. The number of para-hydroxylation sites is 2. The molecule has 0 aromatic heterocycles. The minimum Gasteiger partial charge on any atom is -0.496 e. The molecular weight excluding hydrogens is 448 g/mol. The number of hydrogen-bond acceptors (Lipinski definition) is 6. The van der Waals surface area contributed by atoms with Gasteiger partial charge in [-0.2, -0.15) is 0 Å². The maximum atomic E-state index is 9.55. The molecule has 186 valence electrons. The van der Waals surface area contributed by atoms with Crippen LogP contribution in [-0.4, -0.2) is 73.0 Å². The van der Waals surface area contributed by atoms with Crippen LogP contribution in [0.25, 0.3) is 0 Å².